The monoisotopic (exact) mass is 369 g/mol. The minimum atomic E-state index is 0.116. The molecular weight excluding hydrogens is 346 g/mol. The predicted molar refractivity (Wildman–Crippen MR) is 104 cm³/mol. The van der Waals surface area contributed by atoms with E-state index >= 15 is 0 Å². The lowest BCUT2D eigenvalue weighted by molar-refractivity contribution is 0.0515. The van der Waals surface area contributed by atoms with E-state index in [1.807, 2.05) is 53.4 Å². The maximum atomic E-state index is 13.0. The molecule has 0 spiro atoms. The van der Waals surface area contributed by atoms with Gasteiger partial charge in [0, 0.05) is 30.3 Å². The summed E-state index contributed by atoms with van der Waals surface area (Å²) in [4.78, 5) is 15.0. The van der Waals surface area contributed by atoms with Gasteiger partial charge in [0.1, 0.15) is 0 Å². The number of carbonyl (C=O) groups is 1. The summed E-state index contributed by atoms with van der Waals surface area (Å²) in [6, 6.07) is 15.6. The number of ether oxygens (including phenoxy) is 1. The highest BCUT2D eigenvalue weighted by Crippen LogP contribution is 2.31. The first-order chi connectivity index (χ1) is 12.7. The second kappa shape index (κ2) is 7.81. The summed E-state index contributed by atoms with van der Waals surface area (Å²) in [5, 5.41) is 0.717. The van der Waals surface area contributed by atoms with Crippen LogP contribution in [0.2, 0.25) is 5.02 Å². The lowest BCUT2D eigenvalue weighted by Crippen LogP contribution is -2.38. The van der Waals surface area contributed by atoms with Crippen molar-refractivity contribution in [3.63, 3.8) is 0 Å². The first kappa shape index (κ1) is 17.6. The molecule has 1 amide bonds. The van der Waals surface area contributed by atoms with Gasteiger partial charge in [-0.1, -0.05) is 35.9 Å². The van der Waals surface area contributed by atoms with Crippen LogP contribution in [0.25, 0.3) is 11.1 Å². The van der Waals surface area contributed by atoms with Crippen molar-refractivity contribution >= 4 is 17.5 Å². The van der Waals surface area contributed by atoms with E-state index in [1.54, 1.807) is 0 Å². The fourth-order valence-electron chi connectivity index (χ4n) is 3.54. The van der Waals surface area contributed by atoms with E-state index in [1.165, 1.54) is 12.8 Å². The summed E-state index contributed by atoms with van der Waals surface area (Å²) in [5.41, 5.74) is 2.87. The molecule has 1 heterocycles. The van der Waals surface area contributed by atoms with Gasteiger partial charge in [-0.3, -0.25) is 4.79 Å². The van der Waals surface area contributed by atoms with Gasteiger partial charge < -0.3 is 9.64 Å². The Morgan fingerprint density at radius 3 is 2.50 bits per heavy atom. The van der Waals surface area contributed by atoms with Crippen LogP contribution in [0.3, 0.4) is 0 Å². The Morgan fingerprint density at radius 1 is 1.04 bits per heavy atom. The Morgan fingerprint density at radius 2 is 1.85 bits per heavy atom. The number of amides is 1. The van der Waals surface area contributed by atoms with Crippen molar-refractivity contribution in [2.45, 2.75) is 31.8 Å². The topological polar surface area (TPSA) is 29.5 Å². The zero-order valence-electron chi connectivity index (χ0n) is 14.9. The molecule has 0 N–H and O–H groups in total. The van der Waals surface area contributed by atoms with E-state index in [-0.39, 0.29) is 12.0 Å². The highest BCUT2D eigenvalue weighted by Gasteiger charge is 2.30. The quantitative estimate of drug-likeness (QED) is 0.714. The van der Waals surface area contributed by atoms with Gasteiger partial charge in [-0.15, -0.1) is 0 Å². The zero-order valence-corrected chi connectivity index (χ0v) is 15.6. The lowest BCUT2D eigenvalue weighted by atomic mass is 10.0. The average Bonchev–Trinajstić information content (AvgIpc) is 3.33. The van der Waals surface area contributed by atoms with Crippen molar-refractivity contribution < 1.29 is 9.53 Å². The summed E-state index contributed by atoms with van der Waals surface area (Å²) in [6.07, 6.45) is 4.84. The number of nitrogens with zero attached hydrogens (tertiary/aromatic N) is 1. The third kappa shape index (κ3) is 4.28. The van der Waals surface area contributed by atoms with Crippen molar-refractivity contribution in [3.8, 4) is 11.1 Å². The van der Waals surface area contributed by atoms with Gasteiger partial charge in [0.2, 0.25) is 0 Å². The summed E-state index contributed by atoms with van der Waals surface area (Å²) in [5.74, 6) is 0.788. The summed E-state index contributed by atoms with van der Waals surface area (Å²) >= 11 is 6.08. The first-order valence-corrected chi connectivity index (χ1v) is 9.84. The van der Waals surface area contributed by atoms with Crippen LogP contribution in [0.1, 0.15) is 36.0 Å². The van der Waals surface area contributed by atoms with E-state index in [9.17, 15) is 4.79 Å². The van der Waals surface area contributed by atoms with E-state index in [0.29, 0.717) is 12.5 Å². The molecule has 2 aliphatic rings. The summed E-state index contributed by atoms with van der Waals surface area (Å²) in [7, 11) is 0. The molecule has 2 aromatic carbocycles. The van der Waals surface area contributed by atoms with Gasteiger partial charge in [0.05, 0.1) is 6.10 Å². The molecule has 1 unspecified atom stereocenters. The molecule has 26 heavy (non-hydrogen) atoms. The lowest BCUT2D eigenvalue weighted by Gasteiger charge is -2.25. The van der Waals surface area contributed by atoms with E-state index in [4.69, 9.17) is 16.3 Å². The second-order valence-corrected chi connectivity index (χ2v) is 7.81. The fourth-order valence-corrected chi connectivity index (χ4v) is 3.73. The third-order valence-electron chi connectivity index (χ3n) is 5.20. The molecule has 1 aliphatic carbocycles. The minimum absolute atomic E-state index is 0.116. The molecule has 1 aliphatic heterocycles. The molecule has 4 rings (SSSR count). The third-order valence-corrected chi connectivity index (χ3v) is 5.44. The molecule has 1 saturated heterocycles. The molecule has 0 radical (unpaired) electrons. The molecule has 1 saturated carbocycles. The van der Waals surface area contributed by atoms with Crippen LogP contribution in [-0.4, -0.2) is 36.6 Å². The SMILES string of the molecule is O=C(c1ccc(-c2cccc(Cl)c2)cc1)N(CC1CC1)CC1CCCO1. The zero-order chi connectivity index (χ0) is 17.9. The standard InChI is InChI=1S/C22H24ClNO2/c23-20-4-1-3-19(13-20)17-8-10-18(11-9-17)22(25)24(14-16-6-7-16)15-21-5-2-12-26-21/h1,3-4,8-11,13,16,21H,2,5-7,12,14-15H2. The molecule has 136 valence electrons. The number of rotatable bonds is 6. The molecule has 2 aromatic rings. The molecule has 2 fully saturated rings. The highest BCUT2D eigenvalue weighted by atomic mass is 35.5. The van der Waals surface area contributed by atoms with Crippen LogP contribution in [0, 0.1) is 5.92 Å². The smallest absolute Gasteiger partial charge is 0.253 e. The van der Waals surface area contributed by atoms with Gasteiger partial charge >= 0.3 is 0 Å². The Kier molecular flexibility index (Phi) is 5.28. The predicted octanol–water partition coefficient (Wildman–Crippen LogP) is 5.04. The normalized spacial score (nSPS) is 19.5. The van der Waals surface area contributed by atoms with Gasteiger partial charge in [0.15, 0.2) is 0 Å². The number of hydrogen-bond acceptors (Lipinski definition) is 2. The van der Waals surface area contributed by atoms with E-state index in [2.05, 4.69) is 0 Å². The van der Waals surface area contributed by atoms with Crippen LogP contribution in [0.4, 0.5) is 0 Å². The number of halogens is 1. The maximum Gasteiger partial charge on any atom is 0.253 e. The van der Waals surface area contributed by atoms with Crippen molar-refractivity contribution in [2.24, 2.45) is 5.92 Å². The minimum Gasteiger partial charge on any atom is -0.376 e. The van der Waals surface area contributed by atoms with Crippen LogP contribution in [0.5, 0.6) is 0 Å². The van der Waals surface area contributed by atoms with Crippen LogP contribution in [0.15, 0.2) is 48.5 Å². The highest BCUT2D eigenvalue weighted by molar-refractivity contribution is 6.30. The second-order valence-electron chi connectivity index (χ2n) is 7.38. The van der Waals surface area contributed by atoms with E-state index in [0.717, 1.165) is 47.7 Å². The largest absolute Gasteiger partial charge is 0.376 e. The summed E-state index contributed by atoms with van der Waals surface area (Å²) in [6.45, 7) is 2.39. The fraction of sp³-hybridized carbons (Fsp3) is 0.409. The molecular formula is C22H24ClNO2. The number of hydrogen-bond donors (Lipinski definition) is 0. The summed E-state index contributed by atoms with van der Waals surface area (Å²) < 4.78 is 5.75. The van der Waals surface area contributed by atoms with Gasteiger partial charge in [-0.2, -0.15) is 0 Å². The van der Waals surface area contributed by atoms with Gasteiger partial charge in [-0.25, -0.2) is 0 Å². The first-order valence-electron chi connectivity index (χ1n) is 9.46. The average molecular weight is 370 g/mol. The van der Waals surface area contributed by atoms with Crippen molar-refractivity contribution in [1.29, 1.82) is 0 Å². The van der Waals surface area contributed by atoms with Crippen molar-refractivity contribution in [2.75, 3.05) is 19.7 Å². The maximum absolute atomic E-state index is 13.0. The Labute approximate surface area is 159 Å². The molecule has 4 heteroatoms. The van der Waals surface area contributed by atoms with Crippen LogP contribution in [-0.2, 0) is 4.74 Å². The van der Waals surface area contributed by atoms with Crippen LogP contribution >= 0.6 is 11.6 Å². The molecule has 0 aromatic heterocycles. The number of benzene rings is 2. The molecule has 1 atom stereocenters. The van der Waals surface area contributed by atoms with Crippen molar-refractivity contribution in [1.82, 2.24) is 4.90 Å². The molecule has 0 bridgehead atoms. The number of carbonyl (C=O) groups excluding carboxylic acids is 1. The van der Waals surface area contributed by atoms with Crippen LogP contribution < -0.4 is 0 Å². The molecule has 3 nitrogen and oxygen atoms in total. The Bertz CT molecular complexity index is 764. The van der Waals surface area contributed by atoms with Gasteiger partial charge in [-0.05, 0) is 67.0 Å². The van der Waals surface area contributed by atoms with Crippen molar-refractivity contribution in [3.05, 3.63) is 59.1 Å². The Hall–Kier alpha value is -1.84. The van der Waals surface area contributed by atoms with E-state index < -0.39 is 0 Å². The Balaban J connectivity index is 1.49. The van der Waals surface area contributed by atoms with Gasteiger partial charge in [0.25, 0.3) is 5.91 Å².